The van der Waals surface area contributed by atoms with E-state index in [0.29, 0.717) is 0 Å². The van der Waals surface area contributed by atoms with Gasteiger partial charge in [-0.15, -0.1) is 12.4 Å². The number of pyridine rings is 2. The summed E-state index contributed by atoms with van der Waals surface area (Å²) >= 11 is 0. The van der Waals surface area contributed by atoms with Crippen LogP contribution in [0.2, 0.25) is 0 Å². The molecule has 0 bridgehead atoms. The molecular formula is C30H39ClN6O4. The molecule has 4 rings (SSSR count). The normalized spacial score (nSPS) is 11.8. The lowest BCUT2D eigenvalue weighted by atomic mass is 10.1. The minimum absolute atomic E-state index is 0. The maximum Gasteiger partial charge on any atom is 0.331 e. The Morgan fingerprint density at radius 2 is 1.29 bits per heavy atom. The maximum atomic E-state index is 11.7. The van der Waals surface area contributed by atoms with Crippen LogP contribution < -0.4 is 0 Å². The number of ether oxygens (including phenoxy) is 1. The van der Waals surface area contributed by atoms with E-state index in [1.807, 2.05) is 73.5 Å². The summed E-state index contributed by atoms with van der Waals surface area (Å²) in [6, 6.07) is 3.97. The molecular weight excluding hydrogens is 544 g/mol. The highest BCUT2D eigenvalue weighted by atomic mass is 35.5. The molecule has 0 unspecified atom stereocenters. The van der Waals surface area contributed by atoms with Crippen LogP contribution in [-0.2, 0) is 27.4 Å². The highest BCUT2D eigenvalue weighted by Gasteiger charge is 2.14. The van der Waals surface area contributed by atoms with Crippen LogP contribution in [-0.4, -0.2) is 80.6 Å². The number of nitrogens with zero attached hydrogens (tertiary/aromatic N) is 4. The third-order valence-corrected chi connectivity index (χ3v) is 5.49. The zero-order valence-corrected chi connectivity index (χ0v) is 25.4. The monoisotopic (exact) mass is 582 g/mol. The van der Waals surface area contributed by atoms with Gasteiger partial charge in [-0.1, -0.05) is 0 Å². The van der Waals surface area contributed by atoms with Gasteiger partial charge in [-0.3, -0.25) is 0 Å². The average molecular weight is 583 g/mol. The Hall–Kier alpha value is -3.99. The van der Waals surface area contributed by atoms with Crippen molar-refractivity contribution >= 4 is 58.6 Å². The molecule has 4 aromatic rings. The lowest BCUT2D eigenvalue weighted by Gasteiger charge is -2.17. The molecule has 0 aromatic carbocycles. The van der Waals surface area contributed by atoms with E-state index in [1.54, 1.807) is 24.5 Å². The fourth-order valence-electron chi connectivity index (χ4n) is 3.94. The number of carbonyl (C=O) groups excluding carboxylic acids is 1. The Labute approximate surface area is 246 Å². The topological polar surface area (TPSA) is 127 Å². The van der Waals surface area contributed by atoms with Gasteiger partial charge in [0.2, 0.25) is 0 Å². The van der Waals surface area contributed by atoms with Gasteiger partial charge in [-0.05, 0) is 95.5 Å². The number of hydrogen-bond acceptors (Lipinski definition) is 7. The van der Waals surface area contributed by atoms with E-state index in [0.717, 1.165) is 57.9 Å². The molecule has 0 aliphatic rings. The van der Waals surface area contributed by atoms with Crippen molar-refractivity contribution in [2.45, 2.75) is 39.5 Å². The molecule has 0 fully saturated rings. The number of nitrogens with one attached hydrogen (secondary N) is 2. The van der Waals surface area contributed by atoms with E-state index in [-0.39, 0.29) is 18.4 Å². The lowest BCUT2D eigenvalue weighted by Crippen LogP contribution is -2.22. The van der Waals surface area contributed by atoms with Crippen molar-refractivity contribution in [2.75, 3.05) is 28.2 Å². The Morgan fingerprint density at radius 3 is 1.68 bits per heavy atom. The van der Waals surface area contributed by atoms with E-state index < -0.39 is 11.6 Å². The molecule has 0 amide bonds. The Kier molecular flexibility index (Phi) is 11.8. The van der Waals surface area contributed by atoms with Gasteiger partial charge in [0.1, 0.15) is 16.9 Å². The standard InChI is InChI=1S/C17H23N3O2.C13H15N3O2.ClH/c1-17(2,3)22-15(21)7-6-12-8-14-13(11-20(4)5)10-19-16(14)18-9-12;1-16(2)8-10-7-15-13-11(10)5-9(6-14-13)3-4-12(17)18;/h6-10H,11H2,1-5H3,(H,18,19);3-7H,8H2,1-2H3,(H,14,15)(H,17,18);1H/b7-6+;4-3+;. The molecule has 4 heterocycles. The summed E-state index contributed by atoms with van der Waals surface area (Å²) in [6.45, 7) is 7.19. The number of aromatic nitrogens is 4. The highest BCUT2D eigenvalue weighted by molar-refractivity contribution is 5.89. The largest absolute Gasteiger partial charge is 0.478 e. The first-order valence-electron chi connectivity index (χ1n) is 12.8. The minimum Gasteiger partial charge on any atom is -0.478 e. The Balaban J connectivity index is 0.000000285. The van der Waals surface area contributed by atoms with E-state index in [2.05, 4.69) is 29.7 Å². The first kappa shape index (κ1) is 33.2. The van der Waals surface area contributed by atoms with E-state index >= 15 is 0 Å². The van der Waals surface area contributed by atoms with Gasteiger partial charge in [0, 0.05) is 60.8 Å². The molecule has 0 radical (unpaired) electrons. The SMILES string of the molecule is CN(C)Cc1c[nH]c2ncc(/C=C/C(=O)O)cc12.CN(C)Cc1c[nH]c2ncc(/C=C/C(=O)OC(C)(C)C)cc12.Cl. The number of H-pyrrole nitrogens is 2. The van der Waals surface area contributed by atoms with Crippen LogP contribution in [0.15, 0.2) is 49.1 Å². The summed E-state index contributed by atoms with van der Waals surface area (Å²) in [7, 11) is 8.05. The van der Waals surface area contributed by atoms with Crippen molar-refractivity contribution in [1.29, 1.82) is 0 Å². The summed E-state index contributed by atoms with van der Waals surface area (Å²) < 4.78 is 5.25. The molecule has 10 nitrogen and oxygen atoms in total. The molecule has 0 saturated heterocycles. The second-order valence-corrected chi connectivity index (χ2v) is 11.0. The number of carbonyl (C=O) groups is 2. The number of esters is 1. The fourth-order valence-corrected chi connectivity index (χ4v) is 3.94. The number of halogens is 1. The quantitative estimate of drug-likeness (QED) is 0.193. The number of aromatic amines is 2. The zero-order chi connectivity index (χ0) is 29.4. The first-order valence-corrected chi connectivity index (χ1v) is 12.8. The molecule has 0 aliphatic heterocycles. The highest BCUT2D eigenvalue weighted by Crippen LogP contribution is 2.20. The second kappa shape index (κ2) is 14.6. The maximum absolute atomic E-state index is 11.7. The Bertz CT molecular complexity index is 1530. The van der Waals surface area contributed by atoms with Gasteiger partial charge < -0.3 is 29.6 Å². The van der Waals surface area contributed by atoms with Gasteiger partial charge in [-0.25, -0.2) is 19.6 Å². The molecule has 220 valence electrons. The van der Waals surface area contributed by atoms with Crippen LogP contribution >= 0.6 is 12.4 Å². The van der Waals surface area contributed by atoms with Crippen LogP contribution in [0.5, 0.6) is 0 Å². The van der Waals surface area contributed by atoms with Crippen LogP contribution in [0.25, 0.3) is 34.2 Å². The van der Waals surface area contributed by atoms with Gasteiger partial charge >= 0.3 is 11.9 Å². The van der Waals surface area contributed by atoms with Crippen LogP contribution in [0, 0.1) is 0 Å². The third kappa shape index (κ3) is 10.5. The van der Waals surface area contributed by atoms with Crippen LogP contribution in [0.3, 0.4) is 0 Å². The minimum atomic E-state index is -0.960. The van der Waals surface area contributed by atoms with Crippen molar-refractivity contribution in [3.63, 3.8) is 0 Å². The smallest absolute Gasteiger partial charge is 0.331 e. The molecule has 41 heavy (non-hydrogen) atoms. The summed E-state index contributed by atoms with van der Waals surface area (Å²) in [5, 5.41) is 10.7. The van der Waals surface area contributed by atoms with Gasteiger partial charge in [0.05, 0.1) is 0 Å². The van der Waals surface area contributed by atoms with E-state index in [1.165, 1.54) is 11.6 Å². The average Bonchev–Trinajstić information content (AvgIpc) is 3.43. The predicted octanol–water partition coefficient (Wildman–Crippen LogP) is 5.12. The fraction of sp³-hybridized carbons (Fsp3) is 0.333. The number of carboxylic acid groups (broad SMARTS) is 1. The van der Waals surface area contributed by atoms with Crippen molar-refractivity contribution in [2.24, 2.45) is 0 Å². The van der Waals surface area contributed by atoms with Gasteiger partial charge in [-0.2, -0.15) is 0 Å². The molecule has 0 saturated carbocycles. The second-order valence-electron chi connectivity index (χ2n) is 11.0. The number of aliphatic carboxylic acids is 1. The summed E-state index contributed by atoms with van der Waals surface area (Å²) in [6.07, 6.45) is 13.1. The molecule has 3 N–H and O–H groups in total. The Morgan fingerprint density at radius 1 is 0.854 bits per heavy atom. The molecule has 0 aliphatic carbocycles. The van der Waals surface area contributed by atoms with Crippen molar-refractivity contribution < 1.29 is 19.4 Å². The lowest BCUT2D eigenvalue weighted by molar-refractivity contribution is -0.148. The number of carboxylic acids is 1. The first-order chi connectivity index (χ1) is 18.8. The van der Waals surface area contributed by atoms with Gasteiger partial charge in [0.15, 0.2) is 0 Å². The van der Waals surface area contributed by atoms with Crippen LogP contribution in [0.4, 0.5) is 0 Å². The number of rotatable bonds is 8. The third-order valence-electron chi connectivity index (χ3n) is 5.49. The predicted molar refractivity (Wildman–Crippen MR) is 166 cm³/mol. The van der Waals surface area contributed by atoms with Crippen LogP contribution in [0.1, 0.15) is 43.0 Å². The van der Waals surface area contributed by atoms with Crippen molar-refractivity contribution in [3.05, 3.63) is 71.3 Å². The molecule has 11 heteroatoms. The summed E-state index contributed by atoms with van der Waals surface area (Å²) in [4.78, 5) is 41.3. The van der Waals surface area contributed by atoms with Crippen molar-refractivity contribution in [1.82, 2.24) is 29.7 Å². The molecule has 0 atom stereocenters. The number of hydrogen-bond donors (Lipinski definition) is 3. The summed E-state index contributed by atoms with van der Waals surface area (Å²) in [5.74, 6) is -1.31. The summed E-state index contributed by atoms with van der Waals surface area (Å²) in [5.41, 5.74) is 5.17. The number of fused-ring (bicyclic) bond motifs is 2. The van der Waals surface area contributed by atoms with Crippen molar-refractivity contribution in [3.8, 4) is 0 Å². The van der Waals surface area contributed by atoms with Gasteiger partial charge in [0.25, 0.3) is 0 Å². The zero-order valence-electron chi connectivity index (χ0n) is 24.6. The molecule has 0 spiro atoms. The van der Waals surface area contributed by atoms with E-state index in [9.17, 15) is 9.59 Å². The molecule has 4 aromatic heterocycles. The van der Waals surface area contributed by atoms with E-state index in [4.69, 9.17) is 9.84 Å².